The van der Waals surface area contributed by atoms with Gasteiger partial charge in [0.2, 0.25) is 0 Å². The number of benzene rings is 2. The number of methoxy groups -OCH3 is 1. The van der Waals surface area contributed by atoms with Crippen molar-refractivity contribution in [1.29, 1.82) is 0 Å². The molecule has 0 aliphatic rings. The molecule has 4 aromatic rings. The average Bonchev–Trinajstić information content (AvgIpc) is 2.74. The minimum Gasteiger partial charge on any atom is -0.778 e. The molecule has 0 bridgehead atoms. The van der Waals surface area contributed by atoms with Crippen LogP contribution in [0.15, 0.2) is 63.2 Å². The standard InChI is InChI=1S/C25H26N2OS2.K/c1-14(2)20-24(22(28-5)16-10-6-8-12-18(16)26-20)30-25-21(15(3)4)27-19-13-9-7-11-17(19)23(25)29;/h6-15H,1-5H3,(H,27,29);/q;+1/p-1. The Morgan fingerprint density at radius 2 is 1.26 bits per heavy atom. The van der Waals surface area contributed by atoms with Crippen molar-refractivity contribution in [1.82, 2.24) is 9.97 Å². The van der Waals surface area contributed by atoms with Crippen LogP contribution in [0.4, 0.5) is 0 Å². The first kappa shape index (κ1) is 24.9. The number of aromatic nitrogens is 2. The molecule has 6 heteroatoms. The molecule has 154 valence electrons. The van der Waals surface area contributed by atoms with Gasteiger partial charge in [0, 0.05) is 10.3 Å². The molecular formula is C25H25KN2OS2. The van der Waals surface area contributed by atoms with Gasteiger partial charge in [0.1, 0.15) is 5.75 Å². The Balaban J connectivity index is 0.00000272. The van der Waals surface area contributed by atoms with Crippen LogP contribution in [0.1, 0.15) is 50.9 Å². The zero-order valence-corrected chi connectivity index (χ0v) is 23.6. The Morgan fingerprint density at radius 3 is 1.81 bits per heavy atom. The van der Waals surface area contributed by atoms with Crippen LogP contribution in [0.25, 0.3) is 21.8 Å². The van der Waals surface area contributed by atoms with Crippen molar-refractivity contribution in [2.24, 2.45) is 0 Å². The smallest absolute Gasteiger partial charge is 0.778 e. The first-order valence-electron chi connectivity index (χ1n) is 10.2. The second-order valence-corrected chi connectivity index (χ2v) is 9.39. The molecule has 0 spiro atoms. The van der Waals surface area contributed by atoms with Crippen LogP contribution >= 0.6 is 11.8 Å². The molecule has 0 unspecified atom stereocenters. The van der Waals surface area contributed by atoms with E-state index in [-0.39, 0.29) is 63.2 Å². The number of ether oxygens (including phenoxy) is 1. The summed E-state index contributed by atoms with van der Waals surface area (Å²) in [4.78, 5) is 12.9. The number of hydrogen-bond acceptors (Lipinski definition) is 5. The van der Waals surface area contributed by atoms with Gasteiger partial charge in [-0.1, -0.05) is 69.8 Å². The van der Waals surface area contributed by atoms with Crippen molar-refractivity contribution < 1.29 is 56.1 Å². The molecule has 0 radical (unpaired) electrons. The predicted octanol–water partition coefficient (Wildman–Crippen LogP) is 4.10. The number of para-hydroxylation sites is 2. The van der Waals surface area contributed by atoms with E-state index in [1.165, 1.54) is 0 Å². The average molecular weight is 473 g/mol. The van der Waals surface area contributed by atoms with E-state index in [4.69, 9.17) is 27.3 Å². The van der Waals surface area contributed by atoms with Crippen LogP contribution in [-0.4, -0.2) is 17.1 Å². The summed E-state index contributed by atoms with van der Waals surface area (Å²) in [6.07, 6.45) is 0. The molecule has 0 amide bonds. The molecule has 2 aromatic heterocycles. The number of pyridine rings is 2. The van der Waals surface area contributed by atoms with Gasteiger partial charge in [0.05, 0.1) is 34.4 Å². The summed E-state index contributed by atoms with van der Waals surface area (Å²) in [7, 11) is 1.73. The third-order valence-electron chi connectivity index (χ3n) is 5.16. The number of nitrogens with zero attached hydrogens (tertiary/aromatic N) is 2. The molecule has 0 saturated heterocycles. The van der Waals surface area contributed by atoms with Crippen molar-refractivity contribution in [3.8, 4) is 5.75 Å². The van der Waals surface area contributed by atoms with E-state index in [2.05, 4.69) is 39.8 Å². The molecule has 4 rings (SSSR count). The summed E-state index contributed by atoms with van der Waals surface area (Å²) < 4.78 is 5.93. The molecule has 31 heavy (non-hydrogen) atoms. The molecule has 0 aliphatic heterocycles. The maximum Gasteiger partial charge on any atom is 1.00 e. The summed E-state index contributed by atoms with van der Waals surface area (Å²) >= 11 is 7.61. The van der Waals surface area contributed by atoms with E-state index < -0.39 is 0 Å². The molecule has 0 aliphatic carbocycles. The van der Waals surface area contributed by atoms with Gasteiger partial charge in [-0.3, -0.25) is 9.97 Å². The molecule has 2 heterocycles. The number of fused-ring (bicyclic) bond motifs is 2. The topological polar surface area (TPSA) is 35.0 Å². The van der Waals surface area contributed by atoms with Crippen molar-refractivity contribution in [2.45, 2.75) is 54.2 Å². The van der Waals surface area contributed by atoms with Gasteiger partial charge >= 0.3 is 51.4 Å². The van der Waals surface area contributed by atoms with Crippen LogP contribution < -0.4 is 56.1 Å². The van der Waals surface area contributed by atoms with Crippen molar-refractivity contribution in [3.63, 3.8) is 0 Å². The molecule has 0 saturated carbocycles. The second kappa shape index (κ2) is 10.5. The Labute approximate surface area is 236 Å². The maximum atomic E-state index is 5.96. The van der Waals surface area contributed by atoms with Crippen LogP contribution in [-0.2, 0) is 12.6 Å². The fourth-order valence-corrected chi connectivity index (χ4v) is 5.52. The second-order valence-electron chi connectivity index (χ2n) is 7.96. The van der Waals surface area contributed by atoms with Gasteiger partial charge in [-0.15, -0.1) is 4.90 Å². The number of rotatable bonds is 5. The molecule has 0 N–H and O–H groups in total. The summed E-state index contributed by atoms with van der Waals surface area (Å²) in [6, 6.07) is 16.2. The number of hydrogen-bond donors (Lipinski definition) is 0. The molecule has 3 nitrogen and oxygen atoms in total. The van der Waals surface area contributed by atoms with Gasteiger partial charge in [0.25, 0.3) is 0 Å². The SMILES string of the molecule is COc1c(Sc2c(C(C)C)nc3ccccc3c2[S-])c(C(C)C)nc2ccccc12.[K+]. The minimum absolute atomic E-state index is 0. The summed E-state index contributed by atoms with van der Waals surface area (Å²) in [5, 5.41) is 2.02. The first-order valence-corrected chi connectivity index (χ1v) is 11.4. The molecule has 2 aromatic carbocycles. The largest absolute Gasteiger partial charge is 1.00 e. The van der Waals surface area contributed by atoms with Gasteiger partial charge in [-0.05, 0) is 35.4 Å². The van der Waals surface area contributed by atoms with Crippen LogP contribution in [0.3, 0.4) is 0 Å². The van der Waals surface area contributed by atoms with Crippen molar-refractivity contribution in [2.75, 3.05) is 7.11 Å². The Kier molecular flexibility index (Phi) is 8.41. The van der Waals surface area contributed by atoms with Gasteiger partial charge < -0.3 is 17.4 Å². The Hall–Kier alpha value is -0.734. The van der Waals surface area contributed by atoms with E-state index in [0.29, 0.717) is 0 Å². The minimum atomic E-state index is 0. The summed E-state index contributed by atoms with van der Waals surface area (Å²) in [5.41, 5.74) is 3.94. The van der Waals surface area contributed by atoms with E-state index in [1.54, 1.807) is 18.9 Å². The Morgan fingerprint density at radius 1 is 0.774 bits per heavy atom. The third-order valence-corrected chi connectivity index (χ3v) is 6.93. The van der Waals surface area contributed by atoms with Crippen LogP contribution in [0, 0.1) is 0 Å². The normalized spacial score (nSPS) is 11.3. The zero-order valence-electron chi connectivity index (χ0n) is 18.9. The first-order chi connectivity index (χ1) is 14.4. The van der Waals surface area contributed by atoms with E-state index >= 15 is 0 Å². The molecular weight excluding hydrogens is 448 g/mol. The van der Waals surface area contributed by atoms with Crippen molar-refractivity contribution in [3.05, 3.63) is 59.9 Å². The van der Waals surface area contributed by atoms with Gasteiger partial charge in [-0.25, -0.2) is 0 Å². The van der Waals surface area contributed by atoms with Gasteiger partial charge in [-0.2, -0.15) is 0 Å². The third kappa shape index (κ3) is 4.81. The van der Waals surface area contributed by atoms with Crippen LogP contribution in [0.5, 0.6) is 5.75 Å². The molecule has 0 fully saturated rings. The molecule has 0 atom stereocenters. The fraction of sp³-hybridized carbons (Fsp3) is 0.280. The van der Waals surface area contributed by atoms with E-state index in [0.717, 1.165) is 53.6 Å². The van der Waals surface area contributed by atoms with Crippen LogP contribution in [0.2, 0.25) is 0 Å². The van der Waals surface area contributed by atoms with Gasteiger partial charge in [0.15, 0.2) is 0 Å². The quantitative estimate of drug-likeness (QED) is 0.323. The summed E-state index contributed by atoms with van der Waals surface area (Å²) in [6.45, 7) is 8.65. The fourth-order valence-electron chi connectivity index (χ4n) is 3.65. The van der Waals surface area contributed by atoms with Crippen molar-refractivity contribution >= 4 is 46.2 Å². The van der Waals surface area contributed by atoms with E-state index in [1.807, 2.05) is 36.4 Å². The Bertz CT molecular complexity index is 1240. The summed E-state index contributed by atoms with van der Waals surface area (Å²) in [5.74, 6) is 1.35. The zero-order chi connectivity index (χ0) is 21.4. The maximum absolute atomic E-state index is 5.96. The monoisotopic (exact) mass is 472 g/mol. The van der Waals surface area contributed by atoms with E-state index in [9.17, 15) is 0 Å². The predicted molar refractivity (Wildman–Crippen MR) is 128 cm³/mol.